The van der Waals surface area contributed by atoms with E-state index in [1.165, 1.54) is 17.8 Å². The summed E-state index contributed by atoms with van der Waals surface area (Å²) in [6, 6.07) is 8.11. The molecule has 1 aliphatic heterocycles. The van der Waals surface area contributed by atoms with Crippen LogP contribution < -0.4 is 4.74 Å². The summed E-state index contributed by atoms with van der Waals surface area (Å²) in [6.07, 6.45) is -4.27. The quantitative estimate of drug-likeness (QED) is 0.353. The molecule has 1 aromatic heterocycles. The van der Waals surface area contributed by atoms with Gasteiger partial charge in [-0.2, -0.15) is 0 Å². The van der Waals surface area contributed by atoms with E-state index >= 15 is 0 Å². The molecule has 0 aliphatic carbocycles. The van der Waals surface area contributed by atoms with Gasteiger partial charge in [-0.25, -0.2) is 14.8 Å². The van der Waals surface area contributed by atoms with Crippen LogP contribution in [0.1, 0.15) is 17.3 Å². The minimum absolute atomic E-state index is 0.0421. The van der Waals surface area contributed by atoms with Crippen LogP contribution in [0.3, 0.4) is 0 Å². The highest BCUT2D eigenvalue weighted by Crippen LogP contribution is 2.33. The Bertz CT molecular complexity index is 1130. The minimum atomic E-state index is -1.47. The molecule has 3 aromatic rings. The summed E-state index contributed by atoms with van der Waals surface area (Å²) in [6.45, 7) is 1.56. The second-order valence-corrected chi connectivity index (χ2v) is 7.81. The second-order valence-electron chi connectivity index (χ2n) is 6.96. The number of hydrogen-bond donors (Lipinski definition) is 4. The number of carbonyl (C=O) groups is 1. The van der Waals surface area contributed by atoms with E-state index in [0.717, 1.165) is 4.90 Å². The number of aromatic nitrogens is 2. The highest BCUT2D eigenvalue weighted by Gasteiger charge is 2.43. The molecular formula is C20H20N2O7S. The highest BCUT2D eigenvalue weighted by molar-refractivity contribution is 7.98. The number of ether oxygens (including phenoxy) is 2. The topological polar surface area (TPSA) is 142 Å². The molecule has 4 rings (SSSR count). The van der Waals surface area contributed by atoms with E-state index in [9.17, 15) is 25.2 Å². The van der Waals surface area contributed by atoms with Crippen LogP contribution in [0.15, 0.2) is 35.2 Å². The first-order chi connectivity index (χ1) is 14.3. The van der Waals surface area contributed by atoms with E-state index in [1.807, 2.05) is 6.26 Å². The van der Waals surface area contributed by atoms with Gasteiger partial charge in [-0.05, 0) is 37.4 Å². The third-order valence-corrected chi connectivity index (χ3v) is 5.82. The number of nitrogens with zero attached hydrogens (tertiary/aromatic N) is 2. The van der Waals surface area contributed by atoms with Crippen molar-refractivity contribution in [1.29, 1.82) is 0 Å². The summed E-state index contributed by atoms with van der Waals surface area (Å²) < 4.78 is 11.3. The lowest BCUT2D eigenvalue weighted by Gasteiger charge is -2.38. The molecule has 0 amide bonds. The van der Waals surface area contributed by atoms with Gasteiger partial charge in [-0.1, -0.05) is 6.07 Å². The van der Waals surface area contributed by atoms with E-state index in [-0.39, 0.29) is 16.8 Å². The molecule has 10 heteroatoms. The fraction of sp³-hybridized carbons (Fsp3) is 0.350. The minimum Gasteiger partial charge on any atom is -0.478 e. The normalized spacial score (nSPS) is 26.8. The number of rotatable bonds is 4. The second kappa shape index (κ2) is 7.97. The van der Waals surface area contributed by atoms with E-state index < -0.39 is 36.7 Å². The van der Waals surface area contributed by atoms with E-state index in [0.29, 0.717) is 16.6 Å². The molecule has 1 aliphatic rings. The molecule has 5 atom stereocenters. The molecule has 158 valence electrons. The fourth-order valence-electron chi connectivity index (χ4n) is 3.40. The number of aliphatic hydroxyl groups is 3. The van der Waals surface area contributed by atoms with Crippen molar-refractivity contribution < 1.29 is 34.7 Å². The van der Waals surface area contributed by atoms with Crippen LogP contribution in [0.2, 0.25) is 0 Å². The Morgan fingerprint density at radius 2 is 1.80 bits per heavy atom. The Labute approximate surface area is 175 Å². The molecule has 0 spiro atoms. The molecule has 9 nitrogen and oxygen atoms in total. The molecular weight excluding hydrogens is 412 g/mol. The molecule has 2 aromatic carbocycles. The zero-order chi connectivity index (χ0) is 21.6. The smallest absolute Gasteiger partial charge is 0.337 e. The molecule has 0 radical (unpaired) electrons. The summed E-state index contributed by atoms with van der Waals surface area (Å²) >= 11 is 1.41. The molecule has 4 N–H and O–H groups in total. The van der Waals surface area contributed by atoms with Gasteiger partial charge in [0.1, 0.15) is 34.9 Å². The Kier molecular flexibility index (Phi) is 5.51. The van der Waals surface area contributed by atoms with Gasteiger partial charge >= 0.3 is 5.97 Å². The Morgan fingerprint density at radius 1 is 1.03 bits per heavy atom. The van der Waals surface area contributed by atoms with Gasteiger partial charge in [0.05, 0.1) is 17.2 Å². The predicted molar refractivity (Wildman–Crippen MR) is 109 cm³/mol. The summed E-state index contributed by atoms with van der Waals surface area (Å²) in [5.41, 5.74) is 1.48. The van der Waals surface area contributed by atoms with Gasteiger partial charge in [0.15, 0.2) is 5.75 Å². The first-order valence-electron chi connectivity index (χ1n) is 9.19. The Balaban J connectivity index is 1.83. The molecule has 0 saturated carbocycles. The number of aromatic carboxylic acids is 1. The lowest BCUT2D eigenvalue weighted by Crippen LogP contribution is -2.58. The van der Waals surface area contributed by atoms with Crippen molar-refractivity contribution in [2.24, 2.45) is 0 Å². The molecule has 1 fully saturated rings. The number of para-hydroxylation sites is 1. The van der Waals surface area contributed by atoms with Crippen LogP contribution in [0.5, 0.6) is 5.75 Å². The van der Waals surface area contributed by atoms with Gasteiger partial charge in [0.2, 0.25) is 6.29 Å². The maximum Gasteiger partial charge on any atom is 0.337 e. The van der Waals surface area contributed by atoms with Crippen LogP contribution in [0, 0.1) is 0 Å². The van der Waals surface area contributed by atoms with Gasteiger partial charge in [-0.15, -0.1) is 11.8 Å². The van der Waals surface area contributed by atoms with Crippen LogP contribution in [0.4, 0.5) is 0 Å². The van der Waals surface area contributed by atoms with Crippen molar-refractivity contribution in [1.82, 2.24) is 9.97 Å². The number of aliphatic hydroxyl groups excluding tert-OH is 3. The molecule has 1 saturated heterocycles. The maximum atomic E-state index is 11.6. The van der Waals surface area contributed by atoms with E-state index in [4.69, 9.17) is 9.47 Å². The average molecular weight is 432 g/mol. The third kappa shape index (κ3) is 3.46. The molecule has 5 unspecified atom stereocenters. The van der Waals surface area contributed by atoms with Crippen LogP contribution in [-0.4, -0.2) is 73.3 Å². The van der Waals surface area contributed by atoms with E-state index in [2.05, 4.69) is 9.97 Å². The summed E-state index contributed by atoms with van der Waals surface area (Å²) in [5.74, 6) is -0.858. The third-order valence-electron chi connectivity index (χ3n) is 5.05. The highest BCUT2D eigenvalue weighted by atomic mass is 32.2. The molecule has 0 bridgehead atoms. The van der Waals surface area contributed by atoms with Gasteiger partial charge in [0.25, 0.3) is 0 Å². The first-order valence-corrected chi connectivity index (χ1v) is 10.4. The number of fused-ring (bicyclic) bond motifs is 2. The largest absolute Gasteiger partial charge is 0.478 e. The number of carboxylic acid groups (broad SMARTS) is 1. The number of benzene rings is 2. The van der Waals surface area contributed by atoms with Crippen LogP contribution in [-0.2, 0) is 4.74 Å². The van der Waals surface area contributed by atoms with Crippen molar-refractivity contribution in [3.8, 4) is 5.75 Å². The zero-order valence-corrected chi connectivity index (χ0v) is 16.9. The van der Waals surface area contributed by atoms with Gasteiger partial charge in [-0.3, -0.25) is 0 Å². The maximum absolute atomic E-state index is 11.6. The van der Waals surface area contributed by atoms with Crippen molar-refractivity contribution in [2.75, 3.05) is 6.26 Å². The van der Waals surface area contributed by atoms with Gasteiger partial charge in [0, 0.05) is 4.90 Å². The summed E-state index contributed by atoms with van der Waals surface area (Å²) in [7, 11) is 0. The van der Waals surface area contributed by atoms with E-state index in [1.54, 1.807) is 31.2 Å². The SMILES string of the molecule is CSc1ccc(C(=O)O)c2nc3cccc(OC4OC(C)C(O)C(O)C4O)c3nc12. The predicted octanol–water partition coefficient (Wildman–Crippen LogP) is 1.41. The van der Waals surface area contributed by atoms with Crippen molar-refractivity contribution in [3.05, 3.63) is 35.9 Å². The number of thioether (sulfide) groups is 1. The standard InChI is InChI=1S/C20H20N2O7S/c1-8-16(23)17(24)18(25)20(28-8)29-11-5-3-4-10-14(11)22-15-12(30-2)7-6-9(19(26)27)13(15)21-10/h3-8,16-18,20,23-25H,1-2H3,(H,26,27). The van der Waals surface area contributed by atoms with Crippen molar-refractivity contribution >= 4 is 39.8 Å². The summed E-state index contributed by atoms with van der Waals surface area (Å²) in [5, 5.41) is 39.6. The monoisotopic (exact) mass is 432 g/mol. The molecule has 2 heterocycles. The van der Waals surface area contributed by atoms with Crippen molar-refractivity contribution in [2.45, 2.75) is 42.5 Å². The fourth-order valence-corrected chi connectivity index (χ4v) is 3.94. The molecule has 30 heavy (non-hydrogen) atoms. The van der Waals surface area contributed by atoms with Gasteiger partial charge < -0.3 is 29.9 Å². The average Bonchev–Trinajstić information content (AvgIpc) is 2.73. The van der Waals surface area contributed by atoms with Crippen LogP contribution in [0.25, 0.3) is 22.1 Å². The number of hydrogen-bond acceptors (Lipinski definition) is 9. The Hall–Kier alpha value is -2.50. The lowest BCUT2D eigenvalue weighted by molar-refractivity contribution is -0.267. The van der Waals surface area contributed by atoms with Crippen LogP contribution >= 0.6 is 11.8 Å². The summed E-state index contributed by atoms with van der Waals surface area (Å²) in [4.78, 5) is 21.5. The Morgan fingerprint density at radius 3 is 2.50 bits per heavy atom. The zero-order valence-electron chi connectivity index (χ0n) is 16.1. The number of carboxylic acids is 1. The lowest BCUT2D eigenvalue weighted by atomic mass is 10.00. The van der Waals surface area contributed by atoms with Crippen molar-refractivity contribution in [3.63, 3.8) is 0 Å². The first kappa shape index (κ1) is 20.8.